The van der Waals surface area contributed by atoms with Gasteiger partial charge in [0.2, 0.25) is 0 Å². The van der Waals surface area contributed by atoms with E-state index in [1.807, 2.05) is 35.2 Å². The van der Waals surface area contributed by atoms with Crippen LogP contribution < -0.4 is 4.74 Å². The lowest BCUT2D eigenvalue weighted by atomic mass is 9.93. The highest BCUT2D eigenvalue weighted by atomic mass is 16.5. The highest BCUT2D eigenvalue weighted by Crippen LogP contribution is 2.34. The molecule has 0 N–H and O–H groups in total. The molecule has 0 radical (unpaired) electrons. The zero-order valence-corrected chi connectivity index (χ0v) is 13.0. The van der Waals surface area contributed by atoms with E-state index in [0.717, 1.165) is 18.7 Å². The highest BCUT2D eigenvalue weighted by Gasteiger charge is 2.34. The fraction of sp³-hybridized carbons (Fsp3) is 0.316. The molecule has 0 aromatic heterocycles. The highest BCUT2D eigenvalue weighted by molar-refractivity contribution is 5.95. The van der Waals surface area contributed by atoms with E-state index in [2.05, 4.69) is 31.2 Å². The van der Waals surface area contributed by atoms with E-state index in [0.29, 0.717) is 11.5 Å². The third-order valence-electron chi connectivity index (χ3n) is 4.56. The minimum atomic E-state index is 0.0878. The summed E-state index contributed by atoms with van der Waals surface area (Å²) in [5.74, 6) is 1.22. The number of hydrogen-bond donors (Lipinski definition) is 0. The number of nitrogens with zero attached hydrogens (tertiary/aromatic N) is 1. The van der Waals surface area contributed by atoms with Crippen LogP contribution in [0.5, 0.6) is 5.75 Å². The fourth-order valence-electron chi connectivity index (χ4n) is 3.29. The molecule has 3 heteroatoms. The summed E-state index contributed by atoms with van der Waals surface area (Å²) in [6, 6.07) is 18.1. The second-order valence-corrected chi connectivity index (χ2v) is 5.78. The summed E-state index contributed by atoms with van der Waals surface area (Å²) in [6.07, 6.45) is 1.01. The molecule has 0 saturated carbocycles. The normalized spacial score (nSPS) is 20.9. The largest absolute Gasteiger partial charge is 0.497 e. The summed E-state index contributed by atoms with van der Waals surface area (Å²) in [5, 5.41) is 0. The zero-order valence-electron chi connectivity index (χ0n) is 13.0. The summed E-state index contributed by atoms with van der Waals surface area (Å²) in [5.41, 5.74) is 2.01. The van der Waals surface area contributed by atoms with Gasteiger partial charge in [0.1, 0.15) is 5.75 Å². The predicted molar refractivity (Wildman–Crippen MR) is 87.3 cm³/mol. The van der Waals surface area contributed by atoms with Crippen molar-refractivity contribution >= 4 is 5.91 Å². The molecule has 0 spiro atoms. The topological polar surface area (TPSA) is 29.5 Å². The fourth-order valence-corrected chi connectivity index (χ4v) is 3.29. The van der Waals surface area contributed by atoms with Crippen molar-refractivity contribution in [2.45, 2.75) is 25.3 Å². The van der Waals surface area contributed by atoms with Crippen LogP contribution in [0.4, 0.5) is 0 Å². The van der Waals surface area contributed by atoms with Crippen molar-refractivity contribution in [2.24, 2.45) is 0 Å². The van der Waals surface area contributed by atoms with Crippen molar-refractivity contribution in [2.75, 3.05) is 13.7 Å². The van der Waals surface area contributed by atoms with Crippen LogP contribution in [0, 0.1) is 0 Å². The van der Waals surface area contributed by atoms with Crippen molar-refractivity contribution in [3.05, 3.63) is 65.7 Å². The second kappa shape index (κ2) is 6.22. The Labute approximate surface area is 131 Å². The van der Waals surface area contributed by atoms with Crippen molar-refractivity contribution < 1.29 is 9.53 Å². The third-order valence-corrected chi connectivity index (χ3v) is 4.56. The van der Waals surface area contributed by atoms with Crippen molar-refractivity contribution in [1.29, 1.82) is 0 Å². The molecule has 114 valence electrons. The second-order valence-electron chi connectivity index (χ2n) is 5.78. The molecule has 1 saturated heterocycles. The molecule has 1 amide bonds. The number of carbonyl (C=O) groups excluding carboxylic acids is 1. The summed E-state index contributed by atoms with van der Waals surface area (Å²) in [6.45, 7) is 2.94. The van der Waals surface area contributed by atoms with Crippen LogP contribution in [0.15, 0.2) is 54.6 Å². The standard InChI is InChI=1S/C19H21NO2/c1-14-18(15-7-4-3-5-8-15)11-12-20(14)19(21)16-9-6-10-17(13-16)22-2/h3-10,13-14,18H,11-12H2,1-2H3. The third kappa shape index (κ3) is 2.71. The van der Waals surface area contributed by atoms with E-state index >= 15 is 0 Å². The quantitative estimate of drug-likeness (QED) is 0.864. The maximum absolute atomic E-state index is 12.8. The molecule has 2 aromatic rings. The van der Waals surface area contributed by atoms with Crippen molar-refractivity contribution in [3.63, 3.8) is 0 Å². The Hall–Kier alpha value is -2.29. The minimum absolute atomic E-state index is 0.0878. The van der Waals surface area contributed by atoms with Crippen LogP contribution in [0.2, 0.25) is 0 Å². The van der Waals surface area contributed by atoms with Crippen molar-refractivity contribution in [3.8, 4) is 5.75 Å². The molecule has 3 nitrogen and oxygen atoms in total. The van der Waals surface area contributed by atoms with Gasteiger partial charge >= 0.3 is 0 Å². The van der Waals surface area contributed by atoms with E-state index in [9.17, 15) is 4.79 Å². The molecule has 2 aromatic carbocycles. The van der Waals surface area contributed by atoms with Gasteiger partial charge in [0.15, 0.2) is 0 Å². The first-order valence-electron chi connectivity index (χ1n) is 7.70. The van der Waals surface area contributed by atoms with E-state index < -0.39 is 0 Å². The summed E-state index contributed by atoms with van der Waals surface area (Å²) in [4.78, 5) is 14.8. The van der Waals surface area contributed by atoms with E-state index in [4.69, 9.17) is 4.74 Å². The zero-order chi connectivity index (χ0) is 15.5. The summed E-state index contributed by atoms with van der Waals surface area (Å²) in [7, 11) is 1.62. The Morgan fingerprint density at radius 3 is 2.64 bits per heavy atom. The lowest BCUT2D eigenvalue weighted by Crippen LogP contribution is -2.35. The number of benzene rings is 2. The number of carbonyl (C=O) groups is 1. The van der Waals surface area contributed by atoms with Gasteiger partial charge in [-0.2, -0.15) is 0 Å². The van der Waals surface area contributed by atoms with Gasteiger partial charge in [-0.05, 0) is 37.1 Å². The molecular weight excluding hydrogens is 274 g/mol. The Bertz CT molecular complexity index is 653. The van der Waals surface area contributed by atoms with E-state index in [1.165, 1.54) is 5.56 Å². The number of amides is 1. The maximum Gasteiger partial charge on any atom is 0.254 e. The first-order valence-corrected chi connectivity index (χ1v) is 7.70. The maximum atomic E-state index is 12.8. The Kier molecular flexibility index (Phi) is 4.14. The number of hydrogen-bond acceptors (Lipinski definition) is 2. The average molecular weight is 295 g/mol. The summed E-state index contributed by atoms with van der Waals surface area (Å²) < 4.78 is 5.21. The lowest BCUT2D eigenvalue weighted by molar-refractivity contribution is 0.0742. The first kappa shape index (κ1) is 14.6. The molecule has 1 aliphatic rings. The SMILES string of the molecule is COc1cccc(C(=O)N2CCC(c3ccccc3)C2C)c1. The van der Waals surface area contributed by atoms with E-state index in [1.54, 1.807) is 7.11 Å². The molecule has 0 bridgehead atoms. The number of ether oxygens (including phenoxy) is 1. The van der Waals surface area contributed by atoms with Crippen LogP contribution in [0.1, 0.15) is 35.2 Å². The van der Waals surface area contributed by atoms with Gasteiger partial charge < -0.3 is 9.64 Å². The van der Waals surface area contributed by atoms with E-state index in [-0.39, 0.29) is 11.9 Å². The number of likely N-dealkylation sites (tertiary alicyclic amines) is 1. The van der Waals surface area contributed by atoms with Crippen LogP contribution in [-0.4, -0.2) is 30.5 Å². The molecule has 22 heavy (non-hydrogen) atoms. The predicted octanol–water partition coefficient (Wildman–Crippen LogP) is 3.71. The Balaban J connectivity index is 1.79. The average Bonchev–Trinajstić information content (AvgIpc) is 2.96. The van der Waals surface area contributed by atoms with Gasteiger partial charge in [-0.1, -0.05) is 36.4 Å². The van der Waals surface area contributed by atoms with Crippen LogP contribution in [-0.2, 0) is 0 Å². The molecular formula is C19H21NO2. The lowest BCUT2D eigenvalue weighted by Gasteiger charge is -2.25. The monoisotopic (exact) mass is 295 g/mol. The molecule has 2 unspecified atom stereocenters. The Morgan fingerprint density at radius 2 is 1.91 bits per heavy atom. The van der Waals surface area contributed by atoms with Gasteiger partial charge in [-0.15, -0.1) is 0 Å². The van der Waals surface area contributed by atoms with Crippen LogP contribution >= 0.6 is 0 Å². The van der Waals surface area contributed by atoms with Gasteiger partial charge in [0.05, 0.1) is 7.11 Å². The smallest absolute Gasteiger partial charge is 0.254 e. The van der Waals surface area contributed by atoms with Crippen LogP contribution in [0.3, 0.4) is 0 Å². The number of rotatable bonds is 3. The van der Waals surface area contributed by atoms with Crippen LogP contribution in [0.25, 0.3) is 0 Å². The van der Waals surface area contributed by atoms with Gasteiger partial charge in [0.25, 0.3) is 5.91 Å². The van der Waals surface area contributed by atoms with Gasteiger partial charge in [0, 0.05) is 24.1 Å². The number of methoxy groups -OCH3 is 1. The molecule has 2 atom stereocenters. The molecule has 0 aliphatic carbocycles. The molecule has 1 fully saturated rings. The van der Waals surface area contributed by atoms with Gasteiger partial charge in [-0.25, -0.2) is 0 Å². The first-order chi connectivity index (χ1) is 10.7. The Morgan fingerprint density at radius 1 is 1.14 bits per heavy atom. The molecule has 3 rings (SSSR count). The minimum Gasteiger partial charge on any atom is -0.497 e. The molecule has 1 heterocycles. The summed E-state index contributed by atoms with van der Waals surface area (Å²) >= 11 is 0. The van der Waals surface area contributed by atoms with Gasteiger partial charge in [-0.3, -0.25) is 4.79 Å². The molecule has 1 aliphatic heterocycles. The van der Waals surface area contributed by atoms with Crippen molar-refractivity contribution in [1.82, 2.24) is 4.90 Å².